The zero-order valence-corrected chi connectivity index (χ0v) is 12.3. The van der Waals surface area contributed by atoms with Gasteiger partial charge in [0.15, 0.2) is 5.82 Å². The molecule has 0 aliphatic carbocycles. The van der Waals surface area contributed by atoms with Crippen LogP contribution in [0.5, 0.6) is 0 Å². The van der Waals surface area contributed by atoms with E-state index in [4.69, 9.17) is 17.4 Å². The van der Waals surface area contributed by atoms with Crippen LogP contribution in [0.3, 0.4) is 0 Å². The van der Waals surface area contributed by atoms with Crippen LogP contribution in [-0.4, -0.2) is 10.9 Å². The normalized spacial score (nSPS) is 10.6. The molecule has 21 heavy (non-hydrogen) atoms. The molecular formula is C14H11ClN4OS. The van der Waals surface area contributed by atoms with E-state index in [-0.39, 0.29) is 5.91 Å². The minimum atomic E-state index is -0.275. The third-order valence-electron chi connectivity index (χ3n) is 2.95. The highest BCUT2D eigenvalue weighted by Gasteiger charge is 2.10. The van der Waals surface area contributed by atoms with Crippen LogP contribution in [0, 0.1) is 0 Å². The number of hydrogen-bond donors (Lipinski definition) is 3. The van der Waals surface area contributed by atoms with E-state index in [1.807, 2.05) is 29.6 Å². The third kappa shape index (κ3) is 2.82. The molecule has 3 aromatic rings. The molecule has 0 radical (unpaired) electrons. The maximum Gasteiger partial charge on any atom is 0.257 e. The molecular weight excluding hydrogens is 308 g/mol. The molecule has 1 aromatic carbocycles. The predicted molar refractivity (Wildman–Crippen MR) is 86.8 cm³/mol. The average Bonchev–Trinajstić information content (AvgIpc) is 2.94. The van der Waals surface area contributed by atoms with Crippen molar-refractivity contribution in [2.45, 2.75) is 0 Å². The number of nitrogens with one attached hydrogen (secondary N) is 2. The number of rotatable bonds is 3. The van der Waals surface area contributed by atoms with E-state index in [1.165, 1.54) is 17.0 Å². The number of anilines is 2. The molecule has 0 saturated carbocycles. The third-order valence-corrected chi connectivity index (χ3v) is 4.14. The van der Waals surface area contributed by atoms with Gasteiger partial charge in [0.05, 0.1) is 10.6 Å². The molecule has 5 nitrogen and oxygen atoms in total. The van der Waals surface area contributed by atoms with E-state index in [0.29, 0.717) is 16.4 Å². The zero-order chi connectivity index (χ0) is 14.8. The second-order valence-electron chi connectivity index (χ2n) is 4.33. The Morgan fingerprint density at radius 2 is 2.14 bits per heavy atom. The van der Waals surface area contributed by atoms with Gasteiger partial charge in [-0.05, 0) is 41.1 Å². The summed E-state index contributed by atoms with van der Waals surface area (Å²) in [5.74, 6) is 5.30. The number of nitrogens with two attached hydrogens (primary N) is 1. The number of nitrogens with zero attached hydrogens (tertiary/aromatic N) is 1. The van der Waals surface area contributed by atoms with Gasteiger partial charge in [-0.1, -0.05) is 11.6 Å². The van der Waals surface area contributed by atoms with Gasteiger partial charge in [-0.15, -0.1) is 11.3 Å². The number of benzene rings is 1. The number of pyridine rings is 1. The second kappa shape index (κ2) is 5.69. The molecule has 0 aliphatic rings. The summed E-state index contributed by atoms with van der Waals surface area (Å²) in [6.45, 7) is 0. The number of hydrogen-bond acceptors (Lipinski definition) is 5. The summed E-state index contributed by atoms with van der Waals surface area (Å²) in [7, 11) is 0. The van der Waals surface area contributed by atoms with E-state index in [1.54, 1.807) is 11.3 Å². The van der Waals surface area contributed by atoms with Gasteiger partial charge < -0.3 is 10.7 Å². The van der Waals surface area contributed by atoms with Crippen LogP contribution in [-0.2, 0) is 0 Å². The van der Waals surface area contributed by atoms with Gasteiger partial charge in [0.25, 0.3) is 5.91 Å². The molecule has 1 amide bonds. The van der Waals surface area contributed by atoms with Crippen LogP contribution in [0.4, 0.5) is 11.5 Å². The fourth-order valence-electron chi connectivity index (χ4n) is 1.92. The number of thiophene rings is 1. The van der Waals surface area contributed by atoms with Crippen molar-refractivity contribution in [2.24, 2.45) is 5.84 Å². The first-order valence-corrected chi connectivity index (χ1v) is 7.34. The van der Waals surface area contributed by atoms with Crippen LogP contribution < -0.4 is 16.6 Å². The van der Waals surface area contributed by atoms with Crippen molar-refractivity contribution in [1.29, 1.82) is 0 Å². The Morgan fingerprint density at radius 3 is 2.90 bits per heavy atom. The number of hydrazine groups is 1. The molecule has 3 rings (SSSR count). The fourth-order valence-corrected chi connectivity index (χ4v) is 2.91. The number of aromatic nitrogens is 1. The Kier molecular flexibility index (Phi) is 3.74. The Hall–Kier alpha value is -2.15. The predicted octanol–water partition coefficient (Wildman–Crippen LogP) is 3.49. The van der Waals surface area contributed by atoms with Crippen LogP contribution in [0.25, 0.3) is 10.1 Å². The van der Waals surface area contributed by atoms with Crippen molar-refractivity contribution in [1.82, 2.24) is 4.98 Å². The number of nitrogen functional groups attached to an aromatic ring is 1. The maximum absolute atomic E-state index is 12.2. The molecule has 0 saturated heterocycles. The number of halogens is 1. The lowest BCUT2D eigenvalue weighted by atomic mass is 10.2. The minimum Gasteiger partial charge on any atom is -0.322 e. The molecule has 0 atom stereocenters. The highest BCUT2D eigenvalue weighted by molar-refractivity contribution is 7.17. The van der Waals surface area contributed by atoms with Crippen LogP contribution in [0.2, 0.25) is 5.02 Å². The van der Waals surface area contributed by atoms with Crippen molar-refractivity contribution in [3.63, 3.8) is 0 Å². The number of carbonyl (C=O) groups excluding carboxylic acids is 1. The number of amides is 1. The lowest BCUT2D eigenvalue weighted by Crippen LogP contribution is -2.14. The average molecular weight is 319 g/mol. The van der Waals surface area contributed by atoms with E-state index in [0.717, 1.165) is 11.1 Å². The summed E-state index contributed by atoms with van der Waals surface area (Å²) in [4.78, 5) is 16.2. The highest BCUT2D eigenvalue weighted by Crippen LogP contribution is 2.25. The molecule has 7 heteroatoms. The lowest BCUT2D eigenvalue weighted by Gasteiger charge is -2.07. The molecule has 4 N–H and O–H groups in total. The van der Waals surface area contributed by atoms with E-state index in [2.05, 4.69) is 15.7 Å². The largest absolute Gasteiger partial charge is 0.322 e. The second-order valence-corrected chi connectivity index (χ2v) is 5.68. The Labute approximate surface area is 129 Å². The van der Waals surface area contributed by atoms with Gasteiger partial charge in [0.2, 0.25) is 0 Å². The molecule has 0 fully saturated rings. The lowest BCUT2D eigenvalue weighted by molar-refractivity contribution is 0.102. The smallest absolute Gasteiger partial charge is 0.257 e. The summed E-state index contributed by atoms with van der Waals surface area (Å²) >= 11 is 7.61. The molecule has 2 aromatic heterocycles. The SMILES string of the molecule is NNc1ncc(C(=O)Nc2ccc3sccc3c2)cc1Cl. The summed E-state index contributed by atoms with van der Waals surface area (Å²) < 4.78 is 1.18. The van der Waals surface area contributed by atoms with E-state index in [9.17, 15) is 4.79 Å². The quantitative estimate of drug-likeness (QED) is 0.510. The van der Waals surface area contributed by atoms with Crippen molar-refractivity contribution < 1.29 is 4.79 Å². The highest BCUT2D eigenvalue weighted by atomic mass is 35.5. The first-order chi connectivity index (χ1) is 10.2. The van der Waals surface area contributed by atoms with Crippen LogP contribution in [0.15, 0.2) is 41.9 Å². The first kappa shape index (κ1) is 13.8. The van der Waals surface area contributed by atoms with Gasteiger partial charge in [-0.3, -0.25) is 4.79 Å². The van der Waals surface area contributed by atoms with Gasteiger partial charge in [0, 0.05) is 16.6 Å². The van der Waals surface area contributed by atoms with Crippen molar-refractivity contribution in [3.8, 4) is 0 Å². The molecule has 0 unspecified atom stereocenters. The summed E-state index contributed by atoms with van der Waals surface area (Å²) in [5.41, 5.74) is 3.44. The van der Waals surface area contributed by atoms with E-state index < -0.39 is 0 Å². The minimum absolute atomic E-state index is 0.275. The van der Waals surface area contributed by atoms with Crippen LogP contribution in [0.1, 0.15) is 10.4 Å². The summed E-state index contributed by atoms with van der Waals surface area (Å²) in [6.07, 6.45) is 1.42. The molecule has 0 aliphatic heterocycles. The van der Waals surface area contributed by atoms with Crippen molar-refractivity contribution in [2.75, 3.05) is 10.7 Å². The summed E-state index contributed by atoms with van der Waals surface area (Å²) in [5, 5.41) is 6.22. The number of fused-ring (bicyclic) bond motifs is 1. The Bertz CT molecular complexity index is 818. The topological polar surface area (TPSA) is 80.0 Å². The fraction of sp³-hybridized carbons (Fsp3) is 0. The summed E-state index contributed by atoms with van der Waals surface area (Å²) in [6, 6.07) is 9.29. The van der Waals surface area contributed by atoms with Gasteiger partial charge in [-0.2, -0.15) is 0 Å². The maximum atomic E-state index is 12.2. The standard InChI is InChI=1S/C14H11ClN4OS/c15-11-6-9(7-17-13(11)19-16)14(20)18-10-1-2-12-8(5-10)3-4-21-12/h1-7H,16H2,(H,17,19)(H,18,20). The zero-order valence-electron chi connectivity index (χ0n) is 10.8. The Morgan fingerprint density at radius 1 is 1.29 bits per heavy atom. The van der Waals surface area contributed by atoms with E-state index >= 15 is 0 Å². The molecule has 2 heterocycles. The molecule has 0 spiro atoms. The number of carbonyl (C=O) groups is 1. The van der Waals surface area contributed by atoms with Crippen molar-refractivity contribution >= 4 is 50.4 Å². The van der Waals surface area contributed by atoms with Gasteiger partial charge >= 0.3 is 0 Å². The first-order valence-electron chi connectivity index (χ1n) is 6.08. The van der Waals surface area contributed by atoms with Gasteiger partial charge in [-0.25, -0.2) is 10.8 Å². The van der Waals surface area contributed by atoms with Crippen LogP contribution >= 0.6 is 22.9 Å². The monoisotopic (exact) mass is 318 g/mol. The van der Waals surface area contributed by atoms with Crippen molar-refractivity contribution in [3.05, 3.63) is 52.5 Å². The van der Waals surface area contributed by atoms with Gasteiger partial charge in [0.1, 0.15) is 0 Å². The molecule has 106 valence electrons. The molecule has 0 bridgehead atoms. The Balaban J connectivity index is 1.83.